The summed E-state index contributed by atoms with van der Waals surface area (Å²) < 4.78 is 18.9. The number of benzene rings is 1. The molecule has 4 nitrogen and oxygen atoms in total. The SMILES string of the molecule is COCC1(C(=O)Nc2cnc3c(F)cccc3c2)CCCC1. The summed E-state index contributed by atoms with van der Waals surface area (Å²) in [6, 6.07) is 6.54. The number of para-hydroxylation sites is 1. The van der Waals surface area contributed by atoms with Gasteiger partial charge in [-0.1, -0.05) is 25.0 Å². The van der Waals surface area contributed by atoms with Crippen LogP contribution in [0.1, 0.15) is 25.7 Å². The molecule has 1 fully saturated rings. The minimum absolute atomic E-state index is 0.0376. The third-order valence-electron chi connectivity index (χ3n) is 4.38. The molecule has 1 heterocycles. The predicted molar refractivity (Wildman–Crippen MR) is 83.1 cm³/mol. The van der Waals surface area contributed by atoms with Crippen LogP contribution in [0, 0.1) is 11.2 Å². The lowest BCUT2D eigenvalue weighted by Crippen LogP contribution is -2.37. The van der Waals surface area contributed by atoms with Gasteiger partial charge in [0.2, 0.25) is 5.91 Å². The highest BCUT2D eigenvalue weighted by molar-refractivity contribution is 5.97. The monoisotopic (exact) mass is 302 g/mol. The molecule has 3 rings (SSSR count). The molecular weight excluding hydrogens is 283 g/mol. The van der Waals surface area contributed by atoms with E-state index in [1.807, 2.05) is 0 Å². The van der Waals surface area contributed by atoms with Crippen LogP contribution in [-0.2, 0) is 9.53 Å². The second kappa shape index (κ2) is 6.01. The Labute approximate surface area is 128 Å². The Hall–Kier alpha value is -2.01. The second-order valence-electron chi connectivity index (χ2n) is 5.91. The Balaban J connectivity index is 1.84. The summed E-state index contributed by atoms with van der Waals surface area (Å²) >= 11 is 0. The van der Waals surface area contributed by atoms with Crippen molar-refractivity contribution < 1.29 is 13.9 Å². The number of anilines is 1. The quantitative estimate of drug-likeness (QED) is 0.940. The first-order chi connectivity index (χ1) is 10.6. The lowest BCUT2D eigenvalue weighted by molar-refractivity contribution is -0.128. The number of carbonyl (C=O) groups is 1. The Morgan fingerprint density at radius 3 is 2.91 bits per heavy atom. The van der Waals surface area contributed by atoms with Gasteiger partial charge in [-0.15, -0.1) is 0 Å². The average Bonchev–Trinajstić information content (AvgIpc) is 2.98. The highest BCUT2D eigenvalue weighted by atomic mass is 19.1. The van der Waals surface area contributed by atoms with Gasteiger partial charge in [0.05, 0.1) is 23.9 Å². The van der Waals surface area contributed by atoms with E-state index in [9.17, 15) is 9.18 Å². The summed E-state index contributed by atoms with van der Waals surface area (Å²) in [7, 11) is 1.62. The zero-order valence-corrected chi connectivity index (χ0v) is 12.6. The van der Waals surface area contributed by atoms with Crippen LogP contribution in [0.2, 0.25) is 0 Å². The molecule has 5 heteroatoms. The van der Waals surface area contributed by atoms with E-state index in [1.54, 1.807) is 25.3 Å². The average molecular weight is 302 g/mol. The molecule has 1 amide bonds. The molecule has 1 aliphatic rings. The number of ether oxygens (including phenoxy) is 1. The molecule has 1 aromatic heterocycles. The molecule has 0 saturated heterocycles. The fourth-order valence-corrected chi connectivity index (χ4v) is 3.22. The molecule has 1 aliphatic carbocycles. The third kappa shape index (κ3) is 2.68. The van der Waals surface area contributed by atoms with Crippen molar-refractivity contribution in [3.63, 3.8) is 0 Å². The van der Waals surface area contributed by atoms with Crippen molar-refractivity contribution in [1.29, 1.82) is 0 Å². The van der Waals surface area contributed by atoms with Crippen LogP contribution >= 0.6 is 0 Å². The lowest BCUT2D eigenvalue weighted by atomic mass is 9.86. The summed E-state index contributed by atoms with van der Waals surface area (Å²) in [4.78, 5) is 16.7. The van der Waals surface area contributed by atoms with Crippen LogP contribution in [-0.4, -0.2) is 24.6 Å². The summed E-state index contributed by atoms with van der Waals surface area (Å²) in [6.45, 7) is 0.425. The molecule has 1 aromatic carbocycles. The minimum Gasteiger partial charge on any atom is -0.384 e. The van der Waals surface area contributed by atoms with Gasteiger partial charge in [-0.25, -0.2) is 4.39 Å². The molecule has 0 atom stereocenters. The maximum atomic E-state index is 13.6. The van der Waals surface area contributed by atoms with Crippen LogP contribution < -0.4 is 5.32 Å². The van der Waals surface area contributed by atoms with Crippen molar-refractivity contribution in [2.45, 2.75) is 25.7 Å². The highest BCUT2D eigenvalue weighted by Gasteiger charge is 2.41. The third-order valence-corrected chi connectivity index (χ3v) is 4.38. The Bertz CT molecular complexity index is 696. The molecule has 0 aliphatic heterocycles. The van der Waals surface area contributed by atoms with Crippen molar-refractivity contribution in [1.82, 2.24) is 4.98 Å². The first kappa shape index (κ1) is 14.9. The van der Waals surface area contributed by atoms with Gasteiger partial charge < -0.3 is 10.1 Å². The van der Waals surface area contributed by atoms with Gasteiger partial charge in [-0.2, -0.15) is 0 Å². The van der Waals surface area contributed by atoms with E-state index >= 15 is 0 Å². The lowest BCUT2D eigenvalue weighted by Gasteiger charge is -2.26. The summed E-state index contributed by atoms with van der Waals surface area (Å²) in [5.74, 6) is -0.397. The van der Waals surface area contributed by atoms with E-state index in [2.05, 4.69) is 10.3 Å². The summed E-state index contributed by atoms with van der Waals surface area (Å²) in [6.07, 6.45) is 5.25. The molecule has 1 N–H and O–H groups in total. The number of hydrogen-bond acceptors (Lipinski definition) is 3. The van der Waals surface area contributed by atoms with Crippen molar-refractivity contribution in [3.8, 4) is 0 Å². The van der Waals surface area contributed by atoms with E-state index in [0.29, 0.717) is 23.2 Å². The molecular formula is C17H19FN2O2. The molecule has 0 spiro atoms. The number of hydrogen-bond donors (Lipinski definition) is 1. The van der Waals surface area contributed by atoms with E-state index < -0.39 is 5.41 Å². The fourth-order valence-electron chi connectivity index (χ4n) is 3.22. The number of carbonyl (C=O) groups excluding carboxylic acids is 1. The summed E-state index contributed by atoms with van der Waals surface area (Å²) in [5, 5.41) is 3.59. The van der Waals surface area contributed by atoms with Crippen molar-refractivity contribution in [3.05, 3.63) is 36.3 Å². The Morgan fingerprint density at radius 1 is 1.41 bits per heavy atom. The number of nitrogens with zero attached hydrogens (tertiary/aromatic N) is 1. The number of rotatable bonds is 4. The van der Waals surface area contributed by atoms with Gasteiger partial charge >= 0.3 is 0 Å². The molecule has 2 aromatic rings. The highest BCUT2D eigenvalue weighted by Crippen LogP contribution is 2.39. The Morgan fingerprint density at radius 2 is 2.18 bits per heavy atom. The molecule has 0 bridgehead atoms. The van der Waals surface area contributed by atoms with E-state index in [4.69, 9.17) is 4.74 Å². The predicted octanol–water partition coefficient (Wildman–Crippen LogP) is 3.52. The number of halogens is 1. The number of aromatic nitrogens is 1. The van der Waals surface area contributed by atoms with E-state index in [1.165, 1.54) is 12.3 Å². The van der Waals surface area contributed by atoms with Gasteiger partial charge in [-0.3, -0.25) is 9.78 Å². The number of fused-ring (bicyclic) bond motifs is 1. The molecule has 116 valence electrons. The van der Waals surface area contributed by atoms with Crippen LogP contribution in [0.3, 0.4) is 0 Å². The number of pyridine rings is 1. The van der Waals surface area contributed by atoms with Gasteiger partial charge in [-0.05, 0) is 25.0 Å². The topological polar surface area (TPSA) is 51.2 Å². The van der Waals surface area contributed by atoms with Crippen LogP contribution in [0.4, 0.5) is 10.1 Å². The minimum atomic E-state index is -0.453. The zero-order chi connectivity index (χ0) is 15.6. The largest absolute Gasteiger partial charge is 0.384 e. The van der Waals surface area contributed by atoms with Crippen LogP contribution in [0.15, 0.2) is 30.5 Å². The standard InChI is InChI=1S/C17H19FN2O2/c1-22-11-17(7-2-3-8-17)16(21)20-13-9-12-5-4-6-14(18)15(12)19-10-13/h4-6,9-10H,2-3,7-8,11H2,1H3,(H,20,21). The van der Waals surface area contributed by atoms with Crippen LogP contribution in [0.5, 0.6) is 0 Å². The Kier molecular flexibility index (Phi) is 4.07. The van der Waals surface area contributed by atoms with Gasteiger partial charge in [0.25, 0.3) is 0 Å². The molecule has 22 heavy (non-hydrogen) atoms. The van der Waals surface area contributed by atoms with Crippen molar-refractivity contribution in [2.24, 2.45) is 5.41 Å². The second-order valence-corrected chi connectivity index (χ2v) is 5.91. The van der Waals surface area contributed by atoms with E-state index in [0.717, 1.165) is 25.7 Å². The van der Waals surface area contributed by atoms with Crippen molar-refractivity contribution >= 4 is 22.5 Å². The van der Waals surface area contributed by atoms with Gasteiger partial charge in [0.15, 0.2) is 0 Å². The molecule has 0 radical (unpaired) electrons. The maximum absolute atomic E-state index is 13.6. The fraction of sp³-hybridized carbons (Fsp3) is 0.412. The number of nitrogens with one attached hydrogen (secondary N) is 1. The van der Waals surface area contributed by atoms with Crippen LogP contribution in [0.25, 0.3) is 10.9 Å². The molecule has 0 unspecified atom stereocenters. The normalized spacial score (nSPS) is 16.8. The zero-order valence-electron chi connectivity index (χ0n) is 12.6. The summed E-state index contributed by atoms with van der Waals surface area (Å²) in [5.41, 5.74) is 0.449. The number of amides is 1. The van der Waals surface area contributed by atoms with E-state index in [-0.39, 0.29) is 11.7 Å². The first-order valence-electron chi connectivity index (χ1n) is 7.49. The molecule has 1 saturated carbocycles. The van der Waals surface area contributed by atoms with Crippen molar-refractivity contribution in [2.75, 3.05) is 19.0 Å². The maximum Gasteiger partial charge on any atom is 0.232 e. The van der Waals surface area contributed by atoms with Gasteiger partial charge in [0, 0.05) is 12.5 Å². The number of methoxy groups -OCH3 is 1. The first-order valence-corrected chi connectivity index (χ1v) is 7.49. The van der Waals surface area contributed by atoms with Gasteiger partial charge in [0.1, 0.15) is 11.3 Å². The smallest absolute Gasteiger partial charge is 0.232 e.